The molecule has 1 atom stereocenters. The van der Waals surface area contributed by atoms with Crippen LogP contribution in [0.3, 0.4) is 0 Å². The predicted octanol–water partition coefficient (Wildman–Crippen LogP) is 0.471. The zero-order chi connectivity index (χ0) is 12.8. The van der Waals surface area contributed by atoms with Gasteiger partial charge in [-0.25, -0.2) is 0 Å². The third-order valence-corrected chi connectivity index (χ3v) is 2.28. The molecule has 0 aliphatic carbocycles. The standard InChI is InChI=1S/C12H17NO4/c1-13(7-11(15)8-17-2)12(16)9-4-3-5-10(14)6-9/h3-6,11,14-15H,7-8H2,1-2H3. The second-order valence-corrected chi connectivity index (χ2v) is 3.85. The Hall–Kier alpha value is -1.59. The van der Waals surface area contributed by atoms with Gasteiger partial charge in [0, 0.05) is 26.3 Å². The number of rotatable bonds is 5. The van der Waals surface area contributed by atoms with E-state index in [4.69, 9.17) is 4.74 Å². The summed E-state index contributed by atoms with van der Waals surface area (Å²) in [6.45, 7) is 0.361. The summed E-state index contributed by atoms with van der Waals surface area (Å²) in [7, 11) is 3.07. The number of amides is 1. The minimum absolute atomic E-state index is 0.0432. The number of hydrogen-bond acceptors (Lipinski definition) is 4. The van der Waals surface area contributed by atoms with Crippen LogP contribution in [-0.4, -0.2) is 54.4 Å². The van der Waals surface area contributed by atoms with Crippen LogP contribution >= 0.6 is 0 Å². The zero-order valence-electron chi connectivity index (χ0n) is 9.96. The number of hydrogen-bond donors (Lipinski definition) is 2. The van der Waals surface area contributed by atoms with Crippen molar-refractivity contribution in [3.8, 4) is 5.75 Å². The van der Waals surface area contributed by atoms with E-state index in [-0.39, 0.29) is 24.8 Å². The summed E-state index contributed by atoms with van der Waals surface area (Å²) in [6, 6.07) is 6.10. The third kappa shape index (κ3) is 4.05. The first kappa shape index (κ1) is 13.5. The molecule has 2 N–H and O–H groups in total. The molecule has 0 heterocycles. The van der Waals surface area contributed by atoms with Crippen LogP contribution in [-0.2, 0) is 4.74 Å². The molecule has 1 aromatic rings. The van der Waals surface area contributed by atoms with Crippen molar-refractivity contribution in [2.24, 2.45) is 0 Å². The normalized spacial score (nSPS) is 12.2. The molecule has 0 fully saturated rings. The Morgan fingerprint density at radius 2 is 2.24 bits per heavy atom. The van der Waals surface area contributed by atoms with Gasteiger partial charge in [-0.15, -0.1) is 0 Å². The summed E-state index contributed by atoms with van der Waals surface area (Å²) in [5.74, 6) is -0.210. The topological polar surface area (TPSA) is 70.0 Å². The number of carbonyl (C=O) groups is 1. The average molecular weight is 239 g/mol. The van der Waals surface area contributed by atoms with E-state index in [1.807, 2.05) is 0 Å². The number of aromatic hydroxyl groups is 1. The molecule has 1 unspecified atom stereocenters. The van der Waals surface area contributed by atoms with Crippen molar-refractivity contribution in [3.63, 3.8) is 0 Å². The van der Waals surface area contributed by atoms with Gasteiger partial charge in [-0.1, -0.05) is 6.07 Å². The van der Waals surface area contributed by atoms with Gasteiger partial charge in [0.2, 0.25) is 0 Å². The number of phenolic OH excluding ortho intramolecular Hbond substituents is 1. The zero-order valence-corrected chi connectivity index (χ0v) is 9.96. The largest absolute Gasteiger partial charge is 0.508 e. The number of ether oxygens (including phenoxy) is 1. The fourth-order valence-corrected chi connectivity index (χ4v) is 1.50. The van der Waals surface area contributed by atoms with Gasteiger partial charge < -0.3 is 19.8 Å². The summed E-state index contributed by atoms with van der Waals surface area (Å²) >= 11 is 0. The summed E-state index contributed by atoms with van der Waals surface area (Å²) in [5, 5.41) is 18.8. The van der Waals surface area contributed by atoms with Crippen molar-refractivity contribution in [3.05, 3.63) is 29.8 Å². The van der Waals surface area contributed by atoms with Gasteiger partial charge in [0.05, 0.1) is 12.7 Å². The molecular formula is C12H17NO4. The first-order chi connectivity index (χ1) is 8.04. The lowest BCUT2D eigenvalue weighted by Gasteiger charge is -2.20. The minimum atomic E-state index is -0.716. The van der Waals surface area contributed by atoms with E-state index >= 15 is 0 Å². The van der Waals surface area contributed by atoms with Crippen molar-refractivity contribution in [2.45, 2.75) is 6.10 Å². The molecule has 0 aliphatic rings. The second-order valence-electron chi connectivity index (χ2n) is 3.85. The molecule has 0 aliphatic heterocycles. The molecule has 0 saturated carbocycles. The maximum Gasteiger partial charge on any atom is 0.253 e. The van der Waals surface area contributed by atoms with Crippen LogP contribution in [0.5, 0.6) is 5.75 Å². The van der Waals surface area contributed by atoms with Crippen molar-refractivity contribution >= 4 is 5.91 Å². The van der Waals surface area contributed by atoms with Gasteiger partial charge in [0.25, 0.3) is 5.91 Å². The van der Waals surface area contributed by atoms with E-state index in [1.54, 1.807) is 19.2 Å². The first-order valence-corrected chi connectivity index (χ1v) is 5.26. The highest BCUT2D eigenvalue weighted by molar-refractivity contribution is 5.94. The highest BCUT2D eigenvalue weighted by atomic mass is 16.5. The molecule has 1 aromatic carbocycles. The van der Waals surface area contributed by atoms with Crippen molar-refractivity contribution in [1.29, 1.82) is 0 Å². The number of phenols is 1. The van der Waals surface area contributed by atoms with Crippen molar-refractivity contribution in [1.82, 2.24) is 4.90 Å². The number of aliphatic hydroxyl groups is 1. The lowest BCUT2D eigenvalue weighted by atomic mass is 10.2. The highest BCUT2D eigenvalue weighted by Gasteiger charge is 2.15. The Kier molecular flexibility index (Phi) is 4.93. The van der Waals surface area contributed by atoms with Crippen LogP contribution in [0.1, 0.15) is 10.4 Å². The molecule has 5 heteroatoms. The van der Waals surface area contributed by atoms with Gasteiger partial charge >= 0.3 is 0 Å². The number of likely N-dealkylation sites (N-methyl/N-ethyl adjacent to an activating group) is 1. The van der Waals surface area contributed by atoms with Gasteiger partial charge in [-0.2, -0.15) is 0 Å². The van der Waals surface area contributed by atoms with Crippen LogP contribution in [0.15, 0.2) is 24.3 Å². The molecule has 1 rings (SSSR count). The molecule has 0 bridgehead atoms. The Morgan fingerprint density at radius 1 is 1.53 bits per heavy atom. The smallest absolute Gasteiger partial charge is 0.253 e. The monoisotopic (exact) mass is 239 g/mol. The number of benzene rings is 1. The highest BCUT2D eigenvalue weighted by Crippen LogP contribution is 2.12. The van der Waals surface area contributed by atoms with E-state index < -0.39 is 6.10 Å². The van der Waals surface area contributed by atoms with E-state index in [2.05, 4.69) is 0 Å². The molecule has 0 spiro atoms. The maximum atomic E-state index is 11.9. The van der Waals surface area contributed by atoms with E-state index in [1.165, 1.54) is 24.1 Å². The van der Waals surface area contributed by atoms with Crippen LogP contribution in [0, 0.1) is 0 Å². The molecule has 0 saturated heterocycles. The number of carbonyl (C=O) groups excluding carboxylic acids is 1. The molecule has 0 aromatic heterocycles. The maximum absolute atomic E-state index is 11.9. The predicted molar refractivity (Wildman–Crippen MR) is 63.0 cm³/mol. The quantitative estimate of drug-likeness (QED) is 0.783. The lowest BCUT2D eigenvalue weighted by molar-refractivity contribution is 0.0380. The van der Waals surface area contributed by atoms with Crippen LogP contribution < -0.4 is 0 Å². The molecule has 17 heavy (non-hydrogen) atoms. The SMILES string of the molecule is COCC(O)CN(C)C(=O)c1cccc(O)c1. The number of methoxy groups -OCH3 is 1. The summed E-state index contributed by atoms with van der Waals surface area (Å²) in [6.07, 6.45) is -0.716. The van der Waals surface area contributed by atoms with Gasteiger partial charge in [0.15, 0.2) is 0 Å². The summed E-state index contributed by atoms with van der Waals surface area (Å²) < 4.78 is 4.78. The minimum Gasteiger partial charge on any atom is -0.508 e. The van der Waals surface area contributed by atoms with Gasteiger partial charge in [0.1, 0.15) is 5.75 Å². The Labute approximate surface area is 100 Å². The molecule has 94 valence electrons. The Morgan fingerprint density at radius 3 is 2.82 bits per heavy atom. The van der Waals surface area contributed by atoms with E-state index in [0.717, 1.165) is 0 Å². The van der Waals surface area contributed by atoms with Crippen LogP contribution in [0.2, 0.25) is 0 Å². The Bertz CT molecular complexity index is 381. The first-order valence-electron chi connectivity index (χ1n) is 5.26. The van der Waals surface area contributed by atoms with E-state index in [0.29, 0.717) is 5.56 Å². The molecular weight excluding hydrogens is 222 g/mol. The molecule has 0 radical (unpaired) electrons. The second kappa shape index (κ2) is 6.22. The van der Waals surface area contributed by atoms with Gasteiger partial charge in [-0.05, 0) is 18.2 Å². The van der Waals surface area contributed by atoms with Crippen LogP contribution in [0.25, 0.3) is 0 Å². The van der Waals surface area contributed by atoms with Crippen LogP contribution in [0.4, 0.5) is 0 Å². The number of nitrogens with zero attached hydrogens (tertiary/aromatic N) is 1. The average Bonchev–Trinajstić information content (AvgIpc) is 2.28. The lowest BCUT2D eigenvalue weighted by Crippen LogP contribution is -2.36. The summed E-state index contributed by atoms with van der Waals surface area (Å²) in [5.41, 5.74) is 0.386. The fourth-order valence-electron chi connectivity index (χ4n) is 1.50. The summed E-state index contributed by atoms with van der Waals surface area (Å²) in [4.78, 5) is 13.3. The van der Waals surface area contributed by atoms with Gasteiger partial charge in [-0.3, -0.25) is 4.79 Å². The van der Waals surface area contributed by atoms with Crippen molar-refractivity contribution < 1.29 is 19.7 Å². The number of aliphatic hydroxyl groups excluding tert-OH is 1. The third-order valence-electron chi connectivity index (χ3n) is 2.28. The Balaban J connectivity index is 2.63. The van der Waals surface area contributed by atoms with Crippen molar-refractivity contribution in [2.75, 3.05) is 27.3 Å². The molecule has 5 nitrogen and oxygen atoms in total. The molecule has 1 amide bonds. The van der Waals surface area contributed by atoms with E-state index in [9.17, 15) is 15.0 Å². The fraction of sp³-hybridized carbons (Fsp3) is 0.417.